The van der Waals surface area contributed by atoms with Gasteiger partial charge in [0.15, 0.2) is 0 Å². The Morgan fingerprint density at radius 3 is 2.35 bits per heavy atom. The minimum atomic E-state index is 0.509. The molecule has 0 amide bonds. The highest BCUT2D eigenvalue weighted by Gasteiger charge is 2.05. The third-order valence-corrected chi connectivity index (χ3v) is 4.19. The lowest BCUT2D eigenvalue weighted by molar-refractivity contribution is 0.216. The van der Waals surface area contributed by atoms with Gasteiger partial charge in [-0.25, -0.2) is 0 Å². The Bertz CT molecular complexity index is 831. The molecule has 3 heteroatoms. The molecule has 3 rings (SSSR count). The molecule has 0 aromatic heterocycles. The minimum Gasteiger partial charge on any atom is -0.490 e. The summed E-state index contributed by atoms with van der Waals surface area (Å²) < 4.78 is 11.6. The lowest BCUT2D eigenvalue weighted by Crippen LogP contribution is -2.11. The van der Waals surface area contributed by atoms with E-state index in [1.54, 1.807) is 0 Å². The molecule has 0 bridgehead atoms. The Morgan fingerprint density at radius 2 is 1.50 bits per heavy atom. The third-order valence-electron chi connectivity index (χ3n) is 4.19. The quantitative estimate of drug-likeness (QED) is 0.555. The van der Waals surface area contributed by atoms with Crippen molar-refractivity contribution < 1.29 is 9.47 Å². The maximum absolute atomic E-state index is 5.94. The number of hydrogen-bond donors (Lipinski definition) is 1. The largest absolute Gasteiger partial charge is 0.490 e. The molecule has 0 saturated heterocycles. The van der Waals surface area contributed by atoms with E-state index in [-0.39, 0.29) is 0 Å². The lowest BCUT2D eigenvalue weighted by Gasteiger charge is -2.14. The van der Waals surface area contributed by atoms with E-state index < -0.39 is 0 Å². The zero-order chi connectivity index (χ0) is 18.2. The monoisotopic (exact) mass is 347 g/mol. The molecule has 0 fully saturated rings. The minimum absolute atomic E-state index is 0.509. The number of ether oxygens (including phenoxy) is 2. The molecule has 26 heavy (non-hydrogen) atoms. The highest BCUT2D eigenvalue weighted by molar-refractivity contribution is 5.53. The molecule has 0 atom stereocenters. The van der Waals surface area contributed by atoms with Gasteiger partial charge in [0, 0.05) is 17.8 Å². The van der Waals surface area contributed by atoms with Crippen molar-refractivity contribution in [3.05, 3.63) is 89.5 Å². The van der Waals surface area contributed by atoms with Gasteiger partial charge in [-0.1, -0.05) is 48.5 Å². The van der Waals surface area contributed by atoms with Crippen LogP contribution < -0.4 is 14.8 Å². The van der Waals surface area contributed by atoms with Crippen molar-refractivity contribution in [1.82, 2.24) is 0 Å². The van der Waals surface area contributed by atoms with Crippen LogP contribution in [-0.2, 0) is 6.54 Å². The van der Waals surface area contributed by atoms with Crippen LogP contribution in [0.25, 0.3) is 0 Å². The molecule has 0 radical (unpaired) electrons. The predicted octanol–water partition coefficient (Wildman–Crippen LogP) is 5.37. The maximum atomic E-state index is 5.94. The van der Waals surface area contributed by atoms with Crippen molar-refractivity contribution in [2.45, 2.75) is 20.4 Å². The summed E-state index contributed by atoms with van der Waals surface area (Å²) in [5.41, 5.74) is 4.78. The van der Waals surface area contributed by atoms with Gasteiger partial charge < -0.3 is 14.8 Å². The molecule has 3 nitrogen and oxygen atoms in total. The number of anilines is 1. The van der Waals surface area contributed by atoms with Crippen molar-refractivity contribution in [2.24, 2.45) is 0 Å². The average Bonchev–Trinajstić information content (AvgIpc) is 2.67. The second-order valence-corrected chi connectivity index (χ2v) is 6.29. The Morgan fingerprint density at radius 1 is 0.769 bits per heavy atom. The normalized spacial score (nSPS) is 10.4. The van der Waals surface area contributed by atoms with Gasteiger partial charge in [-0.15, -0.1) is 0 Å². The van der Waals surface area contributed by atoms with Crippen LogP contribution in [0.4, 0.5) is 5.69 Å². The van der Waals surface area contributed by atoms with Gasteiger partial charge in [0.25, 0.3) is 0 Å². The van der Waals surface area contributed by atoms with E-state index in [0.29, 0.717) is 13.2 Å². The zero-order valence-electron chi connectivity index (χ0n) is 15.4. The number of aryl methyl sites for hydroxylation is 2. The van der Waals surface area contributed by atoms with Crippen LogP contribution in [0.2, 0.25) is 0 Å². The topological polar surface area (TPSA) is 30.5 Å². The van der Waals surface area contributed by atoms with E-state index in [4.69, 9.17) is 9.47 Å². The Hall–Kier alpha value is -2.94. The van der Waals surface area contributed by atoms with E-state index in [2.05, 4.69) is 43.4 Å². The molecule has 0 aliphatic rings. The first-order chi connectivity index (χ1) is 12.7. The lowest BCUT2D eigenvalue weighted by atomic mass is 10.1. The van der Waals surface area contributed by atoms with Crippen molar-refractivity contribution >= 4 is 5.69 Å². The molecule has 0 spiro atoms. The molecule has 3 aromatic carbocycles. The molecule has 0 unspecified atom stereocenters. The second kappa shape index (κ2) is 8.95. The summed E-state index contributed by atoms with van der Waals surface area (Å²) in [6, 6.07) is 24.4. The van der Waals surface area contributed by atoms with E-state index in [1.165, 1.54) is 11.1 Å². The molecule has 3 aromatic rings. The first kappa shape index (κ1) is 17.9. The van der Waals surface area contributed by atoms with Gasteiger partial charge in [0.2, 0.25) is 0 Å². The zero-order valence-corrected chi connectivity index (χ0v) is 15.4. The Labute approximate surface area is 155 Å². The Kier molecular flexibility index (Phi) is 6.15. The van der Waals surface area contributed by atoms with Crippen LogP contribution in [0, 0.1) is 13.8 Å². The predicted molar refractivity (Wildman–Crippen MR) is 107 cm³/mol. The molecule has 0 saturated carbocycles. The van der Waals surface area contributed by atoms with E-state index in [1.807, 2.05) is 48.5 Å². The van der Waals surface area contributed by atoms with Gasteiger partial charge in [0.1, 0.15) is 24.7 Å². The molecule has 134 valence electrons. The van der Waals surface area contributed by atoms with Crippen molar-refractivity contribution in [1.29, 1.82) is 0 Å². The van der Waals surface area contributed by atoms with Gasteiger partial charge in [0.05, 0.1) is 0 Å². The Balaban J connectivity index is 1.55. The summed E-state index contributed by atoms with van der Waals surface area (Å²) in [4.78, 5) is 0. The molecule has 0 aliphatic heterocycles. The standard InChI is InChI=1S/C23H25NO2/c1-18-12-13-19(2)22(16-18)24-17-20-8-6-7-11-23(20)26-15-14-25-21-9-4-3-5-10-21/h3-13,16,24H,14-15,17H2,1-2H3. The summed E-state index contributed by atoms with van der Waals surface area (Å²) in [6.45, 7) is 5.97. The van der Waals surface area contributed by atoms with Crippen LogP contribution >= 0.6 is 0 Å². The van der Waals surface area contributed by atoms with Crippen molar-refractivity contribution in [2.75, 3.05) is 18.5 Å². The number of benzene rings is 3. The molecular weight excluding hydrogens is 322 g/mol. The summed E-state index contributed by atoms with van der Waals surface area (Å²) in [7, 11) is 0. The van der Waals surface area contributed by atoms with E-state index >= 15 is 0 Å². The third kappa shape index (κ3) is 5.03. The highest BCUT2D eigenvalue weighted by atomic mass is 16.5. The van der Waals surface area contributed by atoms with Gasteiger partial charge >= 0.3 is 0 Å². The number of hydrogen-bond acceptors (Lipinski definition) is 3. The fourth-order valence-electron chi connectivity index (χ4n) is 2.74. The molecular formula is C23H25NO2. The van der Waals surface area contributed by atoms with Crippen LogP contribution in [0.1, 0.15) is 16.7 Å². The van der Waals surface area contributed by atoms with Crippen LogP contribution in [0.15, 0.2) is 72.8 Å². The fraction of sp³-hybridized carbons (Fsp3) is 0.217. The second-order valence-electron chi connectivity index (χ2n) is 6.29. The van der Waals surface area contributed by atoms with Crippen LogP contribution in [0.5, 0.6) is 11.5 Å². The SMILES string of the molecule is Cc1ccc(C)c(NCc2ccccc2OCCOc2ccccc2)c1. The van der Waals surface area contributed by atoms with Crippen LogP contribution in [0.3, 0.4) is 0 Å². The van der Waals surface area contributed by atoms with Gasteiger partial charge in [-0.05, 0) is 49.2 Å². The van der Waals surface area contributed by atoms with Crippen molar-refractivity contribution in [3.8, 4) is 11.5 Å². The smallest absolute Gasteiger partial charge is 0.124 e. The molecule has 1 N–H and O–H groups in total. The van der Waals surface area contributed by atoms with Gasteiger partial charge in [-0.2, -0.15) is 0 Å². The number of rotatable bonds is 8. The van der Waals surface area contributed by atoms with E-state index in [9.17, 15) is 0 Å². The summed E-state index contributed by atoms with van der Waals surface area (Å²) in [5, 5.41) is 3.52. The number of para-hydroxylation sites is 2. The van der Waals surface area contributed by atoms with E-state index in [0.717, 1.165) is 29.3 Å². The first-order valence-electron chi connectivity index (χ1n) is 8.92. The molecule has 0 aliphatic carbocycles. The van der Waals surface area contributed by atoms with Crippen LogP contribution in [-0.4, -0.2) is 13.2 Å². The van der Waals surface area contributed by atoms with Gasteiger partial charge in [-0.3, -0.25) is 0 Å². The fourth-order valence-corrected chi connectivity index (χ4v) is 2.74. The summed E-state index contributed by atoms with van der Waals surface area (Å²) in [5.74, 6) is 1.75. The number of nitrogens with one attached hydrogen (secondary N) is 1. The molecule has 0 heterocycles. The average molecular weight is 347 g/mol. The van der Waals surface area contributed by atoms with Crippen molar-refractivity contribution in [3.63, 3.8) is 0 Å². The first-order valence-corrected chi connectivity index (χ1v) is 8.92. The summed E-state index contributed by atoms with van der Waals surface area (Å²) in [6.07, 6.45) is 0. The maximum Gasteiger partial charge on any atom is 0.124 e. The summed E-state index contributed by atoms with van der Waals surface area (Å²) >= 11 is 0. The highest BCUT2D eigenvalue weighted by Crippen LogP contribution is 2.22.